The maximum atomic E-state index is 13.2. The van der Waals surface area contributed by atoms with Crippen LogP contribution in [-0.2, 0) is 25.4 Å². The number of carbonyl (C=O) groups excluding carboxylic acids is 1. The molecule has 1 fully saturated rings. The molecule has 9 nitrogen and oxygen atoms in total. The first-order valence-corrected chi connectivity index (χ1v) is 11.9. The number of alkyl halides is 6. The number of hydrogen-bond donors (Lipinski definition) is 2. The topological polar surface area (TPSA) is 107 Å². The smallest absolute Gasteiger partial charge is 0.408 e. The lowest BCUT2D eigenvalue weighted by atomic mass is 10.0. The van der Waals surface area contributed by atoms with Crippen LogP contribution < -0.4 is 11.1 Å². The van der Waals surface area contributed by atoms with Crippen LogP contribution in [0.1, 0.15) is 32.7 Å². The first kappa shape index (κ1) is 25.9. The number of rotatable bonds is 4. The van der Waals surface area contributed by atoms with E-state index in [0.717, 1.165) is 5.56 Å². The van der Waals surface area contributed by atoms with E-state index in [1.54, 1.807) is 17.0 Å². The lowest BCUT2D eigenvalue weighted by Gasteiger charge is -2.43. The fourth-order valence-electron chi connectivity index (χ4n) is 4.77. The van der Waals surface area contributed by atoms with Crippen molar-refractivity contribution >= 4 is 28.6 Å². The van der Waals surface area contributed by atoms with Gasteiger partial charge in [-0.2, -0.15) is 26.3 Å². The van der Waals surface area contributed by atoms with Crippen LogP contribution in [0, 0.1) is 0 Å². The van der Waals surface area contributed by atoms with Gasteiger partial charge in [0.2, 0.25) is 5.95 Å². The molecule has 2 aliphatic rings. The summed E-state index contributed by atoms with van der Waals surface area (Å²) in [5, 5.41) is 2.46. The normalized spacial score (nSPS) is 16.3. The molecule has 4 heterocycles. The third-order valence-electron chi connectivity index (χ3n) is 6.86. The number of anilines is 2. The van der Waals surface area contributed by atoms with Gasteiger partial charge in [0.15, 0.2) is 5.58 Å². The molecule has 2 N–H and O–H groups in total. The van der Waals surface area contributed by atoms with Gasteiger partial charge in [-0.05, 0) is 36.4 Å². The van der Waals surface area contributed by atoms with Crippen LogP contribution >= 0.6 is 0 Å². The van der Waals surface area contributed by atoms with Gasteiger partial charge in [0.1, 0.15) is 0 Å². The molecule has 0 saturated carbocycles. The summed E-state index contributed by atoms with van der Waals surface area (Å²) in [5.74, 6) is -0.964. The quantitative estimate of drug-likeness (QED) is 0.351. The fourth-order valence-corrected chi connectivity index (χ4v) is 4.77. The van der Waals surface area contributed by atoms with E-state index in [-0.39, 0.29) is 29.5 Å². The second-order valence-corrected chi connectivity index (χ2v) is 9.58. The largest absolute Gasteiger partial charge is 0.417 e. The summed E-state index contributed by atoms with van der Waals surface area (Å²) in [4.78, 5) is 38.8. The number of oxazole rings is 1. The molecule has 2 aromatic heterocycles. The van der Waals surface area contributed by atoms with E-state index in [9.17, 15) is 35.9 Å². The first-order chi connectivity index (χ1) is 18.8. The average Bonchev–Trinajstić information content (AvgIpc) is 3.43. The number of benzene rings is 2. The van der Waals surface area contributed by atoms with Gasteiger partial charge in [-0.1, -0.05) is 0 Å². The molecular weight excluding hydrogens is 546 g/mol. The zero-order valence-corrected chi connectivity index (χ0v) is 20.2. The maximum Gasteiger partial charge on any atom is 0.417 e. The van der Waals surface area contributed by atoms with Crippen molar-refractivity contribution < 1.29 is 35.6 Å². The number of nitrogens with one attached hydrogen (secondary N) is 2. The zero-order chi connectivity index (χ0) is 28.4. The Balaban J connectivity index is 1.12. The summed E-state index contributed by atoms with van der Waals surface area (Å²) in [6.45, 7) is 1.72. The van der Waals surface area contributed by atoms with E-state index in [1.807, 2.05) is 0 Å². The van der Waals surface area contributed by atoms with E-state index in [2.05, 4.69) is 25.2 Å². The molecule has 0 bridgehead atoms. The first-order valence-electron chi connectivity index (χ1n) is 11.9. The molecule has 0 atom stereocenters. The number of likely N-dealkylation sites (tertiary alicyclic amines) is 1. The van der Waals surface area contributed by atoms with Gasteiger partial charge >= 0.3 is 18.1 Å². The van der Waals surface area contributed by atoms with Gasteiger partial charge in [0.05, 0.1) is 22.3 Å². The van der Waals surface area contributed by atoms with Crippen LogP contribution in [0.2, 0.25) is 0 Å². The Morgan fingerprint density at radius 3 is 2.38 bits per heavy atom. The van der Waals surface area contributed by atoms with Crippen LogP contribution in [0.3, 0.4) is 0 Å². The Kier molecular flexibility index (Phi) is 5.87. The molecule has 0 spiro atoms. The van der Waals surface area contributed by atoms with Crippen molar-refractivity contribution in [2.75, 3.05) is 18.4 Å². The Hall–Kier alpha value is -4.40. The average molecular weight is 564 g/mol. The van der Waals surface area contributed by atoms with Crippen molar-refractivity contribution in [3.8, 4) is 0 Å². The molecule has 0 unspecified atom stereocenters. The highest BCUT2D eigenvalue weighted by Gasteiger charge is 2.39. The van der Waals surface area contributed by atoms with E-state index >= 15 is 0 Å². The predicted octanol–water partition coefficient (Wildman–Crippen LogP) is 4.53. The summed E-state index contributed by atoms with van der Waals surface area (Å²) >= 11 is 0. The number of amides is 1. The zero-order valence-electron chi connectivity index (χ0n) is 20.2. The molecule has 40 heavy (non-hydrogen) atoms. The highest BCUT2D eigenvalue weighted by molar-refractivity contribution is 5.97. The molecule has 15 heteroatoms. The number of aromatic nitrogens is 3. The third kappa shape index (κ3) is 4.87. The standard InChI is InChI=1S/C25H18F6N6O3/c26-24(27,28)14-4-15(25(29,30)31)6-16(5-14)33-22-32-7-13-8-36(11-19(13)34-22)17-9-37(10-17)21(38)12-1-2-18-20(3-12)40-23(39)35-18/h1-7,17H,8-11H2,(H,35,39)(H,32,33,34). The van der Waals surface area contributed by atoms with E-state index < -0.39 is 34.9 Å². The van der Waals surface area contributed by atoms with Crippen molar-refractivity contribution in [1.29, 1.82) is 0 Å². The minimum absolute atomic E-state index is 0.0151. The van der Waals surface area contributed by atoms with Crippen LogP contribution in [0.25, 0.3) is 11.1 Å². The van der Waals surface area contributed by atoms with Gasteiger partial charge in [-0.15, -0.1) is 0 Å². The van der Waals surface area contributed by atoms with Gasteiger partial charge < -0.3 is 14.6 Å². The number of carbonyl (C=O) groups is 1. The highest BCUT2D eigenvalue weighted by atomic mass is 19.4. The Morgan fingerprint density at radius 1 is 1.00 bits per heavy atom. The van der Waals surface area contributed by atoms with Crippen LogP contribution in [-0.4, -0.2) is 49.8 Å². The SMILES string of the molecule is O=C(c1ccc2[nH]c(=O)oc2c1)N1CC(N2Cc3cnc(Nc4cc(C(F)(F)F)cc(C(F)(F)F)c4)nc3C2)C1. The number of H-pyrrole nitrogens is 1. The Morgan fingerprint density at radius 2 is 1.70 bits per heavy atom. The molecule has 4 aromatic rings. The van der Waals surface area contributed by atoms with Crippen LogP contribution in [0.15, 0.2) is 51.8 Å². The molecular formula is C25H18F6N6O3. The monoisotopic (exact) mass is 564 g/mol. The van der Waals surface area contributed by atoms with Gasteiger partial charge in [0, 0.05) is 55.2 Å². The highest BCUT2D eigenvalue weighted by Crippen LogP contribution is 2.38. The Bertz CT molecular complexity index is 1660. The van der Waals surface area contributed by atoms with Gasteiger partial charge in [-0.25, -0.2) is 14.8 Å². The van der Waals surface area contributed by atoms with Crippen LogP contribution in [0.4, 0.5) is 38.0 Å². The number of fused-ring (bicyclic) bond motifs is 2. The number of hydrogen-bond acceptors (Lipinski definition) is 7. The lowest BCUT2D eigenvalue weighted by Crippen LogP contribution is -2.59. The van der Waals surface area contributed by atoms with Crippen molar-refractivity contribution in [3.05, 3.63) is 81.1 Å². The van der Waals surface area contributed by atoms with Crippen molar-refractivity contribution in [3.63, 3.8) is 0 Å². The summed E-state index contributed by atoms with van der Waals surface area (Å²) in [5.41, 5.74) is -0.836. The van der Waals surface area contributed by atoms with Crippen molar-refractivity contribution in [2.24, 2.45) is 0 Å². The lowest BCUT2D eigenvalue weighted by molar-refractivity contribution is -0.143. The molecule has 0 radical (unpaired) electrons. The van der Waals surface area contributed by atoms with E-state index in [4.69, 9.17) is 4.42 Å². The minimum Gasteiger partial charge on any atom is -0.408 e. The number of halogens is 6. The van der Waals surface area contributed by atoms with Crippen molar-refractivity contribution in [1.82, 2.24) is 24.8 Å². The molecule has 208 valence electrons. The van der Waals surface area contributed by atoms with E-state index in [0.29, 0.717) is 55.1 Å². The van der Waals surface area contributed by atoms with E-state index in [1.165, 1.54) is 12.3 Å². The van der Waals surface area contributed by atoms with Gasteiger partial charge in [-0.3, -0.25) is 14.7 Å². The predicted molar refractivity (Wildman–Crippen MR) is 128 cm³/mol. The molecule has 2 aromatic carbocycles. The summed E-state index contributed by atoms with van der Waals surface area (Å²) in [7, 11) is 0. The molecule has 1 amide bonds. The molecule has 2 aliphatic heterocycles. The molecule has 1 saturated heterocycles. The summed E-state index contributed by atoms with van der Waals surface area (Å²) in [6, 6.07) is 5.90. The van der Waals surface area contributed by atoms with Crippen molar-refractivity contribution in [2.45, 2.75) is 31.5 Å². The van der Waals surface area contributed by atoms with Gasteiger partial charge in [0.25, 0.3) is 5.91 Å². The number of aromatic amines is 1. The fraction of sp³-hybridized carbons (Fsp3) is 0.280. The summed E-state index contributed by atoms with van der Waals surface area (Å²) < 4.78 is 84.1. The third-order valence-corrected chi connectivity index (χ3v) is 6.86. The second kappa shape index (κ2) is 9.08. The minimum atomic E-state index is -4.97. The molecule has 0 aliphatic carbocycles. The maximum absolute atomic E-state index is 13.2. The Labute approximate surface area is 220 Å². The number of nitrogens with zero attached hydrogens (tertiary/aromatic N) is 4. The summed E-state index contributed by atoms with van der Waals surface area (Å²) in [6.07, 6.45) is -8.47. The second-order valence-electron chi connectivity index (χ2n) is 9.58. The molecule has 6 rings (SSSR count). The van der Waals surface area contributed by atoms with Crippen LogP contribution in [0.5, 0.6) is 0 Å².